The normalized spacial score (nSPS) is 9.35. The van der Waals surface area contributed by atoms with Crippen LogP contribution in [0.25, 0.3) is 0 Å². The maximum absolute atomic E-state index is 11.6. The van der Waals surface area contributed by atoms with Crippen LogP contribution in [0.2, 0.25) is 0 Å². The molecule has 2 rings (SSSR count). The zero-order valence-electron chi connectivity index (χ0n) is 8.81. The van der Waals surface area contributed by atoms with Crippen LogP contribution in [0.1, 0.15) is 5.56 Å². The molecule has 0 spiro atoms. The summed E-state index contributed by atoms with van der Waals surface area (Å²) in [6.45, 7) is 0. The molecule has 0 aliphatic heterocycles. The number of urea groups is 1. The average Bonchev–Trinajstić information content (AvgIpc) is 2.82. The molecule has 5 nitrogen and oxygen atoms in total. The second-order valence-electron chi connectivity index (χ2n) is 3.21. The summed E-state index contributed by atoms with van der Waals surface area (Å²) >= 11 is 0. The molecule has 2 amide bonds. The third-order valence-corrected chi connectivity index (χ3v) is 2.05. The van der Waals surface area contributed by atoms with Crippen LogP contribution in [-0.2, 0) is 0 Å². The zero-order valence-corrected chi connectivity index (χ0v) is 8.81. The molecule has 0 saturated heterocycles. The first-order chi connectivity index (χ1) is 8.29. The molecule has 2 aromatic rings. The minimum absolute atomic E-state index is 0.344. The number of rotatable bonds is 2. The summed E-state index contributed by atoms with van der Waals surface area (Å²) in [5.74, 6) is 0.344. The number of carbonyl (C=O) groups excluding carboxylic acids is 1. The van der Waals surface area contributed by atoms with Gasteiger partial charge in [-0.05, 0) is 18.2 Å². The quantitative estimate of drug-likeness (QED) is 0.827. The first-order valence-corrected chi connectivity index (χ1v) is 4.90. The fourth-order valence-corrected chi connectivity index (χ4v) is 1.30. The third-order valence-electron chi connectivity index (χ3n) is 2.05. The van der Waals surface area contributed by atoms with Gasteiger partial charge < -0.3 is 9.73 Å². The molecule has 0 atom stereocenters. The van der Waals surface area contributed by atoms with Gasteiger partial charge >= 0.3 is 6.03 Å². The van der Waals surface area contributed by atoms with Crippen molar-refractivity contribution in [2.24, 2.45) is 0 Å². The number of furan rings is 1. The minimum atomic E-state index is -0.456. The summed E-state index contributed by atoms with van der Waals surface area (Å²) < 4.78 is 4.96. The summed E-state index contributed by atoms with van der Waals surface area (Å²) in [4.78, 5) is 11.6. The van der Waals surface area contributed by atoms with Crippen molar-refractivity contribution in [3.05, 3.63) is 48.2 Å². The van der Waals surface area contributed by atoms with Gasteiger partial charge in [-0.2, -0.15) is 5.26 Å². The van der Waals surface area contributed by atoms with Gasteiger partial charge in [0.25, 0.3) is 0 Å². The van der Waals surface area contributed by atoms with Gasteiger partial charge in [0.15, 0.2) is 0 Å². The smallest absolute Gasteiger partial charge is 0.326 e. The molecule has 0 aliphatic carbocycles. The van der Waals surface area contributed by atoms with E-state index in [2.05, 4.69) is 10.6 Å². The molecular formula is C12H9N3O2. The summed E-state index contributed by atoms with van der Waals surface area (Å²) in [5.41, 5.74) is 0.862. The van der Waals surface area contributed by atoms with Crippen molar-refractivity contribution >= 4 is 17.6 Å². The van der Waals surface area contributed by atoms with Crippen LogP contribution in [0.15, 0.2) is 47.1 Å². The van der Waals surface area contributed by atoms with Gasteiger partial charge in [0, 0.05) is 6.07 Å². The van der Waals surface area contributed by atoms with E-state index in [1.807, 2.05) is 6.07 Å². The molecule has 84 valence electrons. The number of nitriles is 1. The van der Waals surface area contributed by atoms with E-state index in [4.69, 9.17) is 9.68 Å². The Morgan fingerprint density at radius 2 is 2.00 bits per heavy atom. The number of carbonyl (C=O) groups is 1. The van der Waals surface area contributed by atoms with Crippen LogP contribution in [0.5, 0.6) is 0 Å². The Labute approximate surface area is 97.7 Å². The Kier molecular flexibility index (Phi) is 3.08. The lowest BCUT2D eigenvalue weighted by molar-refractivity contribution is 0.261. The van der Waals surface area contributed by atoms with Crippen molar-refractivity contribution in [2.45, 2.75) is 0 Å². The summed E-state index contributed by atoms with van der Waals surface area (Å²) in [6, 6.07) is 11.6. The highest BCUT2D eigenvalue weighted by Crippen LogP contribution is 2.14. The predicted molar refractivity (Wildman–Crippen MR) is 62.5 cm³/mol. The van der Waals surface area contributed by atoms with E-state index >= 15 is 0 Å². The molecule has 1 aromatic heterocycles. The first-order valence-electron chi connectivity index (χ1n) is 4.90. The Balaban J connectivity index is 2.06. The molecule has 0 bridgehead atoms. The third kappa shape index (κ3) is 2.63. The number of hydrogen-bond donors (Lipinski definition) is 2. The monoisotopic (exact) mass is 227 g/mol. The molecule has 0 fully saturated rings. The molecule has 2 N–H and O–H groups in total. The first kappa shape index (κ1) is 10.8. The summed E-state index contributed by atoms with van der Waals surface area (Å²) in [7, 11) is 0. The summed E-state index contributed by atoms with van der Waals surface area (Å²) in [5, 5.41) is 13.9. The number of para-hydroxylation sites is 1. The average molecular weight is 227 g/mol. The van der Waals surface area contributed by atoms with Crippen molar-refractivity contribution < 1.29 is 9.21 Å². The van der Waals surface area contributed by atoms with E-state index in [1.54, 1.807) is 36.4 Å². The predicted octanol–water partition coefficient (Wildman–Crippen LogP) is 2.80. The lowest BCUT2D eigenvalue weighted by Crippen LogP contribution is -2.19. The number of nitrogens with one attached hydrogen (secondary N) is 2. The van der Waals surface area contributed by atoms with Crippen molar-refractivity contribution in [1.82, 2.24) is 0 Å². The maximum atomic E-state index is 11.6. The highest BCUT2D eigenvalue weighted by Gasteiger charge is 2.06. The van der Waals surface area contributed by atoms with Crippen molar-refractivity contribution in [3.8, 4) is 6.07 Å². The Morgan fingerprint density at radius 1 is 1.18 bits per heavy atom. The van der Waals surface area contributed by atoms with Gasteiger partial charge in [-0.25, -0.2) is 4.79 Å². The highest BCUT2D eigenvalue weighted by atomic mass is 16.3. The van der Waals surface area contributed by atoms with Crippen LogP contribution in [0.3, 0.4) is 0 Å². The second-order valence-corrected chi connectivity index (χ2v) is 3.21. The summed E-state index contributed by atoms with van der Waals surface area (Å²) in [6.07, 6.45) is 1.46. The molecule has 0 saturated carbocycles. The molecule has 1 aromatic carbocycles. The fraction of sp³-hybridized carbons (Fsp3) is 0. The molecule has 1 heterocycles. The van der Waals surface area contributed by atoms with Crippen LogP contribution < -0.4 is 10.6 Å². The second kappa shape index (κ2) is 4.86. The van der Waals surface area contributed by atoms with Crippen molar-refractivity contribution in [3.63, 3.8) is 0 Å². The van der Waals surface area contributed by atoms with Crippen LogP contribution in [0, 0.1) is 11.3 Å². The zero-order chi connectivity index (χ0) is 12.1. The maximum Gasteiger partial charge on any atom is 0.326 e. The van der Waals surface area contributed by atoms with E-state index in [0.717, 1.165) is 0 Å². The van der Waals surface area contributed by atoms with Crippen LogP contribution >= 0.6 is 0 Å². The lowest BCUT2D eigenvalue weighted by Gasteiger charge is -2.06. The molecule has 0 radical (unpaired) electrons. The van der Waals surface area contributed by atoms with Crippen molar-refractivity contribution in [2.75, 3.05) is 10.6 Å². The van der Waals surface area contributed by atoms with Crippen LogP contribution in [0.4, 0.5) is 16.4 Å². The number of anilines is 2. The van der Waals surface area contributed by atoms with E-state index in [-0.39, 0.29) is 0 Å². The lowest BCUT2D eigenvalue weighted by atomic mass is 10.2. The number of amides is 2. The topological polar surface area (TPSA) is 78.1 Å². The van der Waals surface area contributed by atoms with E-state index in [1.165, 1.54) is 6.26 Å². The standard InChI is InChI=1S/C12H9N3O2/c13-8-9-4-1-2-5-10(9)14-12(16)15-11-6-3-7-17-11/h1-7H,(H2,14,15,16). The number of nitrogens with zero attached hydrogens (tertiary/aromatic N) is 1. The van der Waals surface area contributed by atoms with Gasteiger partial charge in [0.05, 0.1) is 17.5 Å². The molecule has 17 heavy (non-hydrogen) atoms. The Morgan fingerprint density at radius 3 is 2.71 bits per heavy atom. The van der Waals surface area contributed by atoms with Crippen molar-refractivity contribution in [1.29, 1.82) is 5.26 Å². The fourth-order valence-electron chi connectivity index (χ4n) is 1.30. The SMILES string of the molecule is N#Cc1ccccc1NC(=O)Nc1ccco1. The van der Waals surface area contributed by atoms with Gasteiger partial charge in [-0.15, -0.1) is 0 Å². The van der Waals surface area contributed by atoms with Gasteiger partial charge in [0.1, 0.15) is 6.07 Å². The van der Waals surface area contributed by atoms with E-state index in [0.29, 0.717) is 17.1 Å². The molecule has 5 heteroatoms. The Bertz CT molecular complexity index is 555. The Hall–Kier alpha value is -2.74. The van der Waals surface area contributed by atoms with Gasteiger partial charge in [-0.1, -0.05) is 12.1 Å². The molecular weight excluding hydrogens is 218 g/mol. The molecule has 0 unspecified atom stereocenters. The highest BCUT2D eigenvalue weighted by molar-refractivity contribution is 5.99. The number of hydrogen-bond acceptors (Lipinski definition) is 3. The van der Waals surface area contributed by atoms with Crippen LogP contribution in [-0.4, -0.2) is 6.03 Å². The largest absolute Gasteiger partial charge is 0.449 e. The minimum Gasteiger partial charge on any atom is -0.449 e. The van der Waals surface area contributed by atoms with Gasteiger partial charge in [-0.3, -0.25) is 5.32 Å². The van der Waals surface area contributed by atoms with E-state index in [9.17, 15) is 4.79 Å². The van der Waals surface area contributed by atoms with Gasteiger partial charge in [0.2, 0.25) is 5.88 Å². The molecule has 0 aliphatic rings. The number of benzene rings is 1. The van der Waals surface area contributed by atoms with E-state index < -0.39 is 6.03 Å².